The first kappa shape index (κ1) is 14.4. The normalized spacial score (nSPS) is 18.2. The van der Waals surface area contributed by atoms with Crippen LogP contribution >= 0.6 is 11.3 Å². The second kappa shape index (κ2) is 5.35. The van der Waals surface area contributed by atoms with E-state index >= 15 is 0 Å². The van der Waals surface area contributed by atoms with Gasteiger partial charge >= 0.3 is 0 Å². The largest absolute Gasteiger partial charge is 0.397 e. The Hall–Kier alpha value is -1.53. The average molecular weight is 322 g/mol. The molecule has 0 spiro atoms. The maximum absolute atomic E-state index is 11.5. The molecule has 1 aliphatic rings. The zero-order valence-electron chi connectivity index (χ0n) is 11.8. The summed E-state index contributed by atoms with van der Waals surface area (Å²) in [5.41, 5.74) is 8.62. The van der Waals surface area contributed by atoms with Crippen LogP contribution in [-0.2, 0) is 16.3 Å². The lowest BCUT2D eigenvalue weighted by atomic mass is 9.94. The quantitative estimate of drug-likeness (QED) is 0.851. The van der Waals surface area contributed by atoms with E-state index in [1.807, 2.05) is 0 Å². The number of nitrogen functional groups attached to an aromatic ring is 1. The van der Waals surface area contributed by atoms with Gasteiger partial charge in [0, 0.05) is 11.1 Å². The molecule has 1 unspecified atom stereocenters. The predicted octanol–water partition coefficient (Wildman–Crippen LogP) is 3.22. The molecule has 3 rings (SSSR count). The summed E-state index contributed by atoms with van der Waals surface area (Å²) in [6, 6.07) is 7.30. The molecule has 1 aromatic carbocycles. The number of rotatable bonds is 3. The highest BCUT2D eigenvalue weighted by atomic mass is 32.2. The zero-order valence-corrected chi connectivity index (χ0v) is 13.4. The van der Waals surface area contributed by atoms with Crippen LogP contribution in [-0.4, -0.2) is 14.7 Å². The van der Waals surface area contributed by atoms with Crippen LogP contribution in [0.1, 0.15) is 29.3 Å². The number of hydrogen-bond acceptors (Lipinski definition) is 5. The number of aryl methyl sites for hydroxylation is 1. The molecule has 3 N–H and O–H groups in total. The second-order valence-electron chi connectivity index (χ2n) is 5.41. The molecule has 0 saturated carbocycles. The van der Waals surface area contributed by atoms with Crippen LogP contribution in [0.25, 0.3) is 0 Å². The van der Waals surface area contributed by atoms with E-state index in [0.717, 1.165) is 24.9 Å². The molecule has 1 heterocycles. The molecule has 0 aliphatic heterocycles. The number of benzene rings is 1. The maximum Gasteiger partial charge on any atom is 0.175 e. The van der Waals surface area contributed by atoms with Gasteiger partial charge in [-0.1, -0.05) is 0 Å². The number of fused-ring (bicyclic) bond motifs is 1. The van der Waals surface area contributed by atoms with Gasteiger partial charge in [-0.15, -0.1) is 11.3 Å². The molecule has 1 aromatic heterocycles. The summed E-state index contributed by atoms with van der Waals surface area (Å²) in [7, 11) is -3.22. The Balaban J connectivity index is 1.87. The molecule has 0 fully saturated rings. The SMILES string of the molecule is CS(=O)(=O)c1ccc(NC2CCCc3sccc32)c(N)c1. The average Bonchev–Trinajstić information content (AvgIpc) is 2.89. The van der Waals surface area contributed by atoms with Gasteiger partial charge in [-0.25, -0.2) is 8.42 Å². The third-order valence-corrected chi connectivity index (χ3v) is 5.94. The van der Waals surface area contributed by atoms with Gasteiger partial charge in [0.2, 0.25) is 0 Å². The Morgan fingerprint density at radius 3 is 2.86 bits per heavy atom. The van der Waals surface area contributed by atoms with E-state index in [1.165, 1.54) is 22.8 Å². The molecule has 6 heteroatoms. The minimum Gasteiger partial charge on any atom is -0.397 e. The molecule has 1 aliphatic carbocycles. The predicted molar refractivity (Wildman–Crippen MR) is 87.6 cm³/mol. The summed E-state index contributed by atoms with van der Waals surface area (Å²) in [5.74, 6) is 0. The van der Waals surface area contributed by atoms with E-state index in [9.17, 15) is 8.42 Å². The first-order valence-corrected chi connectivity index (χ1v) is 9.64. The molecular formula is C15H18N2O2S2. The van der Waals surface area contributed by atoms with Crippen LogP contribution in [0, 0.1) is 0 Å². The Kier molecular flexibility index (Phi) is 3.67. The lowest BCUT2D eigenvalue weighted by Crippen LogP contribution is -2.16. The van der Waals surface area contributed by atoms with Gasteiger partial charge in [-0.05, 0) is 54.5 Å². The molecule has 0 amide bonds. The molecule has 1 atom stereocenters. The summed E-state index contributed by atoms with van der Waals surface area (Å²) < 4.78 is 23.1. The molecule has 112 valence electrons. The van der Waals surface area contributed by atoms with Crippen LogP contribution in [0.2, 0.25) is 0 Å². The number of sulfone groups is 1. The number of anilines is 2. The van der Waals surface area contributed by atoms with Crippen molar-refractivity contribution in [2.75, 3.05) is 17.3 Å². The topological polar surface area (TPSA) is 72.2 Å². The fourth-order valence-electron chi connectivity index (χ4n) is 2.73. The van der Waals surface area contributed by atoms with Gasteiger partial charge in [-0.2, -0.15) is 0 Å². The molecule has 0 bridgehead atoms. The van der Waals surface area contributed by atoms with Crippen molar-refractivity contribution >= 4 is 32.5 Å². The Bertz CT molecular complexity index is 766. The Morgan fingerprint density at radius 2 is 2.14 bits per heavy atom. The van der Waals surface area contributed by atoms with Crippen LogP contribution < -0.4 is 11.1 Å². The second-order valence-corrected chi connectivity index (χ2v) is 8.43. The highest BCUT2D eigenvalue weighted by Gasteiger charge is 2.21. The van der Waals surface area contributed by atoms with E-state index in [0.29, 0.717) is 5.69 Å². The summed E-state index contributed by atoms with van der Waals surface area (Å²) in [4.78, 5) is 1.69. The minimum absolute atomic E-state index is 0.255. The van der Waals surface area contributed by atoms with E-state index in [1.54, 1.807) is 23.5 Å². The number of thiophene rings is 1. The first-order chi connectivity index (χ1) is 9.95. The van der Waals surface area contributed by atoms with Crippen molar-refractivity contribution in [3.05, 3.63) is 40.1 Å². The van der Waals surface area contributed by atoms with Crippen molar-refractivity contribution in [3.8, 4) is 0 Å². The highest BCUT2D eigenvalue weighted by Crippen LogP contribution is 2.36. The lowest BCUT2D eigenvalue weighted by molar-refractivity contribution is 0.601. The van der Waals surface area contributed by atoms with Crippen LogP contribution in [0.5, 0.6) is 0 Å². The third-order valence-electron chi connectivity index (χ3n) is 3.83. The molecule has 2 aromatic rings. The van der Waals surface area contributed by atoms with E-state index in [2.05, 4.69) is 16.8 Å². The Morgan fingerprint density at radius 1 is 1.33 bits per heavy atom. The van der Waals surface area contributed by atoms with Gasteiger partial charge in [0.15, 0.2) is 9.84 Å². The van der Waals surface area contributed by atoms with Gasteiger partial charge in [0.25, 0.3) is 0 Å². The van der Waals surface area contributed by atoms with Crippen molar-refractivity contribution in [2.45, 2.75) is 30.2 Å². The van der Waals surface area contributed by atoms with Gasteiger partial charge in [0.1, 0.15) is 0 Å². The van der Waals surface area contributed by atoms with Crippen molar-refractivity contribution in [1.82, 2.24) is 0 Å². The van der Waals surface area contributed by atoms with E-state index in [-0.39, 0.29) is 10.9 Å². The molecule has 0 saturated heterocycles. The standard InChI is InChI=1S/C15H18N2O2S2/c1-21(18,19)10-5-6-14(12(16)9-10)17-13-3-2-4-15-11(13)7-8-20-15/h5-9,13,17H,2-4,16H2,1H3. The number of nitrogens with one attached hydrogen (secondary N) is 1. The summed E-state index contributed by atoms with van der Waals surface area (Å²) in [5, 5.41) is 5.58. The lowest BCUT2D eigenvalue weighted by Gasteiger charge is -2.25. The van der Waals surface area contributed by atoms with Gasteiger partial charge in [-0.3, -0.25) is 0 Å². The van der Waals surface area contributed by atoms with Gasteiger partial charge < -0.3 is 11.1 Å². The van der Waals surface area contributed by atoms with E-state index < -0.39 is 9.84 Å². The summed E-state index contributed by atoms with van der Waals surface area (Å²) >= 11 is 1.80. The highest BCUT2D eigenvalue weighted by molar-refractivity contribution is 7.90. The number of hydrogen-bond donors (Lipinski definition) is 2. The molecule has 4 nitrogen and oxygen atoms in total. The fourth-order valence-corrected chi connectivity index (χ4v) is 4.37. The summed E-state index contributed by atoms with van der Waals surface area (Å²) in [6.45, 7) is 0. The van der Waals surface area contributed by atoms with Crippen molar-refractivity contribution in [3.63, 3.8) is 0 Å². The smallest absolute Gasteiger partial charge is 0.175 e. The summed E-state index contributed by atoms with van der Waals surface area (Å²) in [6.07, 6.45) is 4.56. The maximum atomic E-state index is 11.5. The van der Waals surface area contributed by atoms with Crippen LogP contribution in [0.15, 0.2) is 34.5 Å². The molecular weight excluding hydrogens is 304 g/mol. The first-order valence-electron chi connectivity index (χ1n) is 6.87. The zero-order chi connectivity index (χ0) is 15.0. The minimum atomic E-state index is -3.22. The van der Waals surface area contributed by atoms with Crippen molar-refractivity contribution in [1.29, 1.82) is 0 Å². The van der Waals surface area contributed by atoms with Crippen molar-refractivity contribution in [2.24, 2.45) is 0 Å². The Labute approximate surface area is 128 Å². The van der Waals surface area contributed by atoms with Crippen LogP contribution in [0.4, 0.5) is 11.4 Å². The number of nitrogens with two attached hydrogens (primary N) is 1. The third kappa shape index (κ3) is 2.91. The van der Waals surface area contributed by atoms with E-state index in [4.69, 9.17) is 5.73 Å². The molecule has 0 radical (unpaired) electrons. The van der Waals surface area contributed by atoms with Gasteiger partial charge in [0.05, 0.1) is 22.3 Å². The monoisotopic (exact) mass is 322 g/mol. The van der Waals surface area contributed by atoms with Crippen molar-refractivity contribution < 1.29 is 8.42 Å². The molecule has 21 heavy (non-hydrogen) atoms. The fraction of sp³-hybridized carbons (Fsp3) is 0.333. The van der Waals surface area contributed by atoms with Crippen LogP contribution in [0.3, 0.4) is 0 Å².